The largest absolute Gasteiger partial charge is 0.481 e. The van der Waals surface area contributed by atoms with E-state index in [1.165, 1.54) is 16.7 Å². The molecule has 1 fully saturated rings. The van der Waals surface area contributed by atoms with Crippen LogP contribution in [0.2, 0.25) is 0 Å². The summed E-state index contributed by atoms with van der Waals surface area (Å²) in [7, 11) is 0. The quantitative estimate of drug-likeness (QED) is 0.251. The van der Waals surface area contributed by atoms with Crippen LogP contribution in [0.1, 0.15) is 67.1 Å². The van der Waals surface area contributed by atoms with Gasteiger partial charge in [-0.3, -0.25) is 14.6 Å². The molecule has 0 spiro atoms. The molecular formula is C32H38N4O2. The summed E-state index contributed by atoms with van der Waals surface area (Å²) < 4.78 is 0. The number of unbranched alkanes of at least 4 members (excludes halogenated alkanes) is 1. The third kappa shape index (κ3) is 6.32. The molecule has 0 bridgehead atoms. The van der Waals surface area contributed by atoms with Crippen molar-refractivity contribution in [3.8, 4) is 0 Å². The Morgan fingerprint density at radius 2 is 1.61 bits per heavy atom. The minimum Gasteiger partial charge on any atom is -0.481 e. The molecule has 1 atom stereocenters. The van der Waals surface area contributed by atoms with Crippen molar-refractivity contribution < 1.29 is 9.90 Å². The van der Waals surface area contributed by atoms with Crippen LogP contribution in [0.25, 0.3) is 11.0 Å². The predicted molar refractivity (Wildman–Crippen MR) is 152 cm³/mol. The van der Waals surface area contributed by atoms with Gasteiger partial charge in [0.2, 0.25) is 0 Å². The van der Waals surface area contributed by atoms with Crippen LogP contribution in [0.5, 0.6) is 0 Å². The van der Waals surface area contributed by atoms with E-state index in [4.69, 9.17) is 4.98 Å². The van der Waals surface area contributed by atoms with Crippen LogP contribution in [-0.4, -0.2) is 57.0 Å². The van der Waals surface area contributed by atoms with Crippen LogP contribution in [0.4, 0.5) is 0 Å². The van der Waals surface area contributed by atoms with Gasteiger partial charge in [0.15, 0.2) is 0 Å². The van der Waals surface area contributed by atoms with Gasteiger partial charge in [0.25, 0.3) is 0 Å². The fraction of sp³-hybridized carbons (Fsp3) is 0.375. The van der Waals surface area contributed by atoms with Gasteiger partial charge in [-0.1, -0.05) is 86.5 Å². The first-order valence-electron chi connectivity index (χ1n) is 13.9. The van der Waals surface area contributed by atoms with Crippen molar-refractivity contribution in [1.29, 1.82) is 0 Å². The van der Waals surface area contributed by atoms with E-state index in [1.54, 1.807) is 0 Å². The number of carboxylic acids is 1. The molecule has 38 heavy (non-hydrogen) atoms. The number of aromatic nitrogens is 2. The average Bonchev–Trinajstić information content (AvgIpc) is 3.37. The smallest absolute Gasteiger partial charge is 0.304 e. The highest BCUT2D eigenvalue weighted by atomic mass is 16.4. The number of nitrogens with one attached hydrogen (secondary N) is 1. The highest BCUT2D eigenvalue weighted by Gasteiger charge is 2.26. The number of benzene rings is 3. The molecule has 0 radical (unpaired) electrons. The lowest BCUT2D eigenvalue weighted by molar-refractivity contribution is -0.137. The van der Waals surface area contributed by atoms with Crippen molar-refractivity contribution in [2.45, 2.75) is 51.1 Å². The molecule has 5 rings (SSSR count). The van der Waals surface area contributed by atoms with Gasteiger partial charge >= 0.3 is 5.97 Å². The number of piperazine rings is 1. The average molecular weight is 511 g/mol. The first-order valence-corrected chi connectivity index (χ1v) is 13.9. The topological polar surface area (TPSA) is 72.5 Å². The lowest BCUT2D eigenvalue weighted by Gasteiger charge is -2.39. The zero-order valence-corrected chi connectivity index (χ0v) is 22.2. The molecule has 0 aliphatic carbocycles. The Kier molecular flexibility index (Phi) is 8.51. The van der Waals surface area contributed by atoms with E-state index in [0.29, 0.717) is 0 Å². The molecule has 2 heterocycles. The van der Waals surface area contributed by atoms with Gasteiger partial charge in [-0.25, -0.2) is 4.98 Å². The Morgan fingerprint density at radius 1 is 0.947 bits per heavy atom. The van der Waals surface area contributed by atoms with Gasteiger partial charge in [-0.15, -0.1) is 0 Å². The molecule has 2 N–H and O–H groups in total. The Bertz CT molecular complexity index is 1270. The van der Waals surface area contributed by atoms with Crippen LogP contribution in [-0.2, 0) is 11.3 Å². The highest BCUT2D eigenvalue weighted by Crippen LogP contribution is 2.30. The second kappa shape index (κ2) is 12.4. The molecule has 6 heteroatoms. The van der Waals surface area contributed by atoms with Crippen molar-refractivity contribution in [2.24, 2.45) is 0 Å². The molecule has 1 aliphatic rings. The Hall–Kier alpha value is -3.48. The number of fused-ring (bicyclic) bond motifs is 1. The zero-order valence-electron chi connectivity index (χ0n) is 22.2. The summed E-state index contributed by atoms with van der Waals surface area (Å²) in [5, 5.41) is 9.38. The van der Waals surface area contributed by atoms with Gasteiger partial charge in [0.1, 0.15) is 5.82 Å². The summed E-state index contributed by atoms with van der Waals surface area (Å²) in [4.78, 5) is 24.7. The SMILES string of the molecule is CCCCC(CC(=O)O)c1nc2ccc(CN3CCN(C(c4ccccc4)c4ccccc4)CC3)cc2[nH]1. The van der Waals surface area contributed by atoms with Gasteiger partial charge in [-0.05, 0) is 35.2 Å². The van der Waals surface area contributed by atoms with E-state index in [2.05, 4.69) is 101 Å². The molecule has 1 unspecified atom stereocenters. The zero-order chi connectivity index (χ0) is 26.3. The summed E-state index contributed by atoms with van der Waals surface area (Å²) >= 11 is 0. The normalized spacial score (nSPS) is 15.7. The second-order valence-corrected chi connectivity index (χ2v) is 10.4. The molecule has 1 saturated heterocycles. The first kappa shape index (κ1) is 26.1. The Balaban J connectivity index is 1.25. The summed E-state index contributed by atoms with van der Waals surface area (Å²) in [5.41, 5.74) is 5.85. The maximum Gasteiger partial charge on any atom is 0.304 e. The Labute approximate surface area is 225 Å². The van der Waals surface area contributed by atoms with Crippen LogP contribution in [0.3, 0.4) is 0 Å². The number of hydrogen-bond donors (Lipinski definition) is 2. The van der Waals surface area contributed by atoms with Crippen molar-refractivity contribution in [3.63, 3.8) is 0 Å². The molecule has 3 aromatic carbocycles. The molecule has 0 amide bonds. The van der Waals surface area contributed by atoms with E-state index < -0.39 is 5.97 Å². The lowest BCUT2D eigenvalue weighted by Crippen LogP contribution is -2.47. The summed E-state index contributed by atoms with van der Waals surface area (Å²) in [6.07, 6.45) is 3.00. The third-order valence-electron chi connectivity index (χ3n) is 7.69. The van der Waals surface area contributed by atoms with Gasteiger partial charge in [0, 0.05) is 38.6 Å². The number of H-pyrrole nitrogens is 1. The van der Waals surface area contributed by atoms with Crippen molar-refractivity contribution >= 4 is 17.0 Å². The standard InChI is InChI=1S/C32H38N4O2/c1-2-3-10-27(22-30(37)38)32-33-28-16-15-24(21-29(28)34-32)23-35-17-19-36(20-18-35)31(25-11-6-4-7-12-25)26-13-8-5-9-14-26/h4-9,11-16,21,27,31H,2-3,10,17-20,22-23H2,1H3,(H,33,34)(H,37,38). The van der Waals surface area contributed by atoms with Crippen molar-refractivity contribution in [2.75, 3.05) is 26.2 Å². The number of aromatic amines is 1. The maximum atomic E-state index is 11.4. The van der Waals surface area contributed by atoms with Crippen LogP contribution < -0.4 is 0 Å². The number of nitrogens with zero attached hydrogens (tertiary/aromatic N) is 3. The van der Waals surface area contributed by atoms with E-state index in [-0.39, 0.29) is 18.4 Å². The van der Waals surface area contributed by atoms with Gasteiger partial charge in [-0.2, -0.15) is 0 Å². The maximum absolute atomic E-state index is 11.4. The van der Waals surface area contributed by atoms with Gasteiger partial charge in [0.05, 0.1) is 23.5 Å². The van der Waals surface area contributed by atoms with Crippen molar-refractivity contribution in [3.05, 3.63) is 101 Å². The Morgan fingerprint density at radius 3 is 2.21 bits per heavy atom. The van der Waals surface area contributed by atoms with Crippen LogP contribution in [0, 0.1) is 0 Å². The minimum absolute atomic E-state index is 0.0708. The molecule has 198 valence electrons. The first-order chi connectivity index (χ1) is 18.6. The van der Waals surface area contributed by atoms with E-state index in [0.717, 1.165) is 68.8 Å². The van der Waals surface area contributed by atoms with Crippen molar-refractivity contribution in [1.82, 2.24) is 19.8 Å². The van der Waals surface area contributed by atoms with Crippen LogP contribution in [0.15, 0.2) is 78.9 Å². The predicted octanol–water partition coefficient (Wildman–Crippen LogP) is 6.22. The summed E-state index contributed by atoms with van der Waals surface area (Å²) in [6.45, 7) is 7.08. The fourth-order valence-electron chi connectivity index (χ4n) is 5.69. The highest BCUT2D eigenvalue weighted by molar-refractivity contribution is 5.76. The lowest BCUT2D eigenvalue weighted by atomic mass is 9.96. The van der Waals surface area contributed by atoms with Crippen LogP contribution >= 0.6 is 0 Å². The number of carbonyl (C=O) groups is 1. The molecular weight excluding hydrogens is 472 g/mol. The van der Waals surface area contributed by atoms with E-state index in [1.807, 2.05) is 0 Å². The number of rotatable bonds is 11. The number of carboxylic acid groups (broad SMARTS) is 1. The fourth-order valence-corrected chi connectivity index (χ4v) is 5.69. The number of imidazole rings is 1. The second-order valence-electron chi connectivity index (χ2n) is 10.4. The summed E-state index contributed by atoms with van der Waals surface area (Å²) in [5.74, 6) is -0.0406. The molecule has 1 aliphatic heterocycles. The monoisotopic (exact) mass is 510 g/mol. The molecule has 0 saturated carbocycles. The molecule has 4 aromatic rings. The molecule has 1 aromatic heterocycles. The molecule has 6 nitrogen and oxygen atoms in total. The van der Waals surface area contributed by atoms with Gasteiger partial charge < -0.3 is 10.1 Å². The number of hydrogen-bond acceptors (Lipinski definition) is 4. The number of aliphatic carboxylic acids is 1. The van der Waals surface area contributed by atoms with E-state index in [9.17, 15) is 9.90 Å². The summed E-state index contributed by atoms with van der Waals surface area (Å²) in [6, 6.07) is 28.3. The minimum atomic E-state index is -0.770. The van der Waals surface area contributed by atoms with E-state index >= 15 is 0 Å². The third-order valence-corrected chi connectivity index (χ3v) is 7.69.